The summed E-state index contributed by atoms with van der Waals surface area (Å²) in [6.45, 7) is 2.41. The molecule has 1 aromatic rings. The van der Waals surface area contributed by atoms with Gasteiger partial charge in [-0.25, -0.2) is 4.98 Å². The number of hydrogen-bond acceptors (Lipinski definition) is 5. The molecule has 8 heteroatoms. The highest BCUT2D eigenvalue weighted by Gasteiger charge is 2.62. The minimum absolute atomic E-state index is 0.0622. The van der Waals surface area contributed by atoms with E-state index in [0.717, 1.165) is 32.1 Å². The topological polar surface area (TPSA) is 91.8 Å². The van der Waals surface area contributed by atoms with E-state index in [0.29, 0.717) is 37.4 Å². The molecule has 2 spiro atoms. The third-order valence-electron chi connectivity index (χ3n) is 6.69. The maximum Gasteiger partial charge on any atom is 0.255 e. The molecular weight excluding hydrogens is 372 g/mol. The Labute approximate surface area is 170 Å². The van der Waals surface area contributed by atoms with Crippen molar-refractivity contribution in [3.05, 3.63) is 23.9 Å². The van der Waals surface area contributed by atoms with Crippen molar-refractivity contribution >= 4 is 17.7 Å². The van der Waals surface area contributed by atoms with E-state index in [2.05, 4.69) is 10.3 Å². The van der Waals surface area contributed by atoms with Crippen molar-refractivity contribution in [2.75, 3.05) is 20.2 Å². The second-order valence-corrected chi connectivity index (χ2v) is 8.31. The first-order valence-corrected chi connectivity index (χ1v) is 10.3. The number of rotatable bonds is 2. The molecule has 1 N–H and O–H groups in total. The third-order valence-corrected chi connectivity index (χ3v) is 6.69. The van der Waals surface area contributed by atoms with Crippen molar-refractivity contribution in [3.8, 4) is 5.88 Å². The average Bonchev–Trinajstić information content (AvgIpc) is 2.95. The van der Waals surface area contributed by atoms with Gasteiger partial charge in [0.15, 0.2) is 0 Å². The van der Waals surface area contributed by atoms with Crippen molar-refractivity contribution in [2.24, 2.45) is 0 Å². The summed E-state index contributed by atoms with van der Waals surface area (Å²) in [5.41, 5.74) is -0.907. The standard InChI is InChI=1S/C21H28N4O4/c1-15(26)25-20(19(28)23-21(25)8-4-3-5-9-21)10-12-24(13-11-20)18(27)16-6-7-17(29-2)22-14-16/h6-7,14H,3-5,8-13H2,1-2H3,(H,23,28). The number of nitrogens with zero attached hydrogens (tertiary/aromatic N) is 3. The second-order valence-electron chi connectivity index (χ2n) is 8.31. The minimum atomic E-state index is -0.849. The van der Waals surface area contributed by atoms with Crippen LogP contribution >= 0.6 is 0 Å². The van der Waals surface area contributed by atoms with Gasteiger partial charge in [0.05, 0.1) is 12.7 Å². The Morgan fingerprint density at radius 2 is 1.79 bits per heavy atom. The molecule has 2 saturated heterocycles. The van der Waals surface area contributed by atoms with Gasteiger partial charge < -0.3 is 19.9 Å². The predicted molar refractivity (Wildman–Crippen MR) is 105 cm³/mol. The van der Waals surface area contributed by atoms with Crippen LogP contribution in [0.3, 0.4) is 0 Å². The smallest absolute Gasteiger partial charge is 0.255 e. The first-order valence-electron chi connectivity index (χ1n) is 10.3. The number of ether oxygens (including phenoxy) is 1. The third kappa shape index (κ3) is 3.14. The van der Waals surface area contributed by atoms with Crippen LogP contribution < -0.4 is 10.1 Å². The van der Waals surface area contributed by atoms with E-state index in [9.17, 15) is 14.4 Å². The molecule has 3 amide bonds. The number of carbonyl (C=O) groups is 3. The van der Waals surface area contributed by atoms with Crippen LogP contribution in [0.25, 0.3) is 0 Å². The Kier molecular flexibility index (Phi) is 4.96. The molecule has 0 aromatic carbocycles. The van der Waals surface area contributed by atoms with E-state index in [4.69, 9.17) is 4.74 Å². The zero-order valence-corrected chi connectivity index (χ0v) is 17.1. The van der Waals surface area contributed by atoms with Crippen LogP contribution in [0.4, 0.5) is 0 Å². The summed E-state index contributed by atoms with van der Waals surface area (Å²) in [5.74, 6) is 0.212. The van der Waals surface area contributed by atoms with Gasteiger partial charge in [-0.3, -0.25) is 14.4 Å². The van der Waals surface area contributed by atoms with Gasteiger partial charge in [-0.05, 0) is 44.6 Å². The summed E-state index contributed by atoms with van der Waals surface area (Å²) in [5, 5.41) is 3.19. The minimum Gasteiger partial charge on any atom is -0.481 e. The fraction of sp³-hybridized carbons (Fsp3) is 0.619. The van der Waals surface area contributed by atoms with Crippen molar-refractivity contribution in [1.82, 2.24) is 20.1 Å². The molecule has 1 aromatic heterocycles. The van der Waals surface area contributed by atoms with Crippen LogP contribution in [-0.2, 0) is 9.59 Å². The van der Waals surface area contributed by atoms with E-state index in [1.54, 1.807) is 24.0 Å². The number of hydrogen-bond donors (Lipinski definition) is 1. The van der Waals surface area contributed by atoms with Gasteiger partial charge in [0, 0.05) is 32.3 Å². The molecule has 3 heterocycles. The Bertz CT molecular complexity index is 808. The van der Waals surface area contributed by atoms with E-state index >= 15 is 0 Å². The monoisotopic (exact) mass is 400 g/mol. The highest BCUT2D eigenvalue weighted by Crippen LogP contribution is 2.45. The number of carbonyl (C=O) groups excluding carboxylic acids is 3. The number of piperidine rings is 1. The molecule has 2 aliphatic heterocycles. The number of aromatic nitrogens is 1. The molecule has 3 aliphatic rings. The zero-order chi connectivity index (χ0) is 20.6. The van der Waals surface area contributed by atoms with Crippen LogP contribution in [0, 0.1) is 0 Å². The van der Waals surface area contributed by atoms with Crippen LogP contribution in [0.2, 0.25) is 0 Å². The van der Waals surface area contributed by atoms with Gasteiger partial charge in [0.25, 0.3) is 5.91 Å². The van der Waals surface area contributed by atoms with E-state index < -0.39 is 11.2 Å². The fourth-order valence-electron chi connectivity index (χ4n) is 5.32. The lowest BCUT2D eigenvalue weighted by Crippen LogP contribution is -2.62. The van der Waals surface area contributed by atoms with Gasteiger partial charge in [0.2, 0.25) is 17.7 Å². The summed E-state index contributed by atoms with van der Waals surface area (Å²) in [6.07, 6.45) is 7.18. The SMILES string of the molecule is COc1ccc(C(=O)N2CCC3(CC2)C(=O)NC2(CCCCC2)N3C(C)=O)cn1. The van der Waals surface area contributed by atoms with Crippen molar-refractivity contribution in [3.63, 3.8) is 0 Å². The van der Waals surface area contributed by atoms with Crippen molar-refractivity contribution < 1.29 is 19.1 Å². The maximum atomic E-state index is 13.1. The van der Waals surface area contributed by atoms with Crippen molar-refractivity contribution in [1.29, 1.82) is 0 Å². The molecule has 0 radical (unpaired) electrons. The number of nitrogens with one attached hydrogen (secondary N) is 1. The quantitative estimate of drug-likeness (QED) is 0.816. The molecule has 1 saturated carbocycles. The molecule has 1 aliphatic carbocycles. The summed E-state index contributed by atoms with van der Waals surface area (Å²) >= 11 is 0. The highest BCUT2D eigenvalue weighted by atomic mass is 16.5. The number of amides is 3. The number of methoxy groups -OCH3 is 1. The molecule has 0 bridgehead atoms. The normalized spacial score (nSPS) is 22.6. The van der Waals surface area contributed by atoms with Crippen LogP contribution in [-0.4, -0.2) is 63.9 Å². The summed E-state index contributed by atoms with van der Waals surface area (Å²) in [4.78, 5) is 46.3. The van der Waals surface area contributed by atoms with Gasteiger partial charge in [-0.2, -0.15) is 0 Å². The first-order chi connectivity index (χ1) is 13.9. The summed E-state index contributed by atoms with van der Waals surface area (Å²) in [7, 11) is 1.53. The second kappa shape index (κ2) is 7.31. The Morgan fingerprint density at radius 1 is 1.10 bits per heavy atom. The van der Waals surface area contributed by atoms with Gasteiger partial charge in [0.1, 0.15) is 11.2 Å². The fourth-order valence-corrected chi connectivity index (χ4v) is 5.32. The van der Waals surface area contributed by atoms with Gasteiger partial charge in [-0.15, -0.1) is 0 Å². The van der Waals surface area contributed by atoms with E-state index in [1.165, 1.54) is 13.3 Å². The number of pyridine rings is 1. The zero-order valence-electron chi connectivity index (χ0n) is 17.1. The largest absolute Gasteiger partial charge is 0.481 e. The Hall–Kier alpha value is -2.64. The summed E-state index contributed by atoms with van der Waals surface area (Å²) in [6, 6.07) is 3.35. The van der Waals surface area contributed by atoms with Crippen LogP contribution in [0.5, 0.6) is 5.88 Å². The molecule has 3 fully saturated rings. The molecular formula is C21H28N4O4. The maximum absolute atomic E-state index is 13.1. The molecule has 0 unspecified atom stereocenters. The Morgan fingerprint density at radius 3 is 2.34 bits per heavy atom. The first kappa shape index (κ1) is 19.7. The van der Waals surface area contributed by atoms with Gasteiger partial charge in [-0.1, -0.05) is 6.42 Å². The van der Waals surface area contributed by atoms with E-state index in [1.807, 2.05) is 4.90 Å². The lowest BCUT2D eigenvalue weighted by Gasteiger charge is -2.48. The summed E-state index contributed by atoms with van der Waals surface area (Å²) < 4.78 is 5.04. The molecule has 29 heavy (non-hydrogen) atoms. The predicted octanol–water partition coefficient (Wildman–Crippen LogP) is 1.70. The molecule has 8 nitrogen and oxygen atoms in total. The van der Waals surface area contributed by atoms with E-state index in [-0.39, 0.29) is 17.7 Å². The van der Waals surface area contributed by atoms with Crippen LogP contribution in [0.15, 0.2) is 18.3 Å². The lowest BCUT2D eigenvalue weighted by atomic mass is 9.82. The van der Waals surface area contributed by atoms with Crippen molar-refractivity contribution in [2.45, 2.75) is 63.1 Å². The molecule has 156 valence electrons. The highest BCUT2D eigenvalue weighted by molar-refractivity contribution is 5.97. The average molecular weight is 400 g/mol. The Balaban J connectivity index is 1.52. The van der Waals surface area contributed by atoms with Gasteiger partial charge >= 0.3 is 0 Å². The molecule has 0 atom stereocenters. The van der Waals surface area contributed by atoms with Crippen LogP contribution in [0.1, 0.15) is 62.2 Å². The molecule has 4 rings (SSSR count). The number of likely N-dealkylation sites (tertiary alicyclic amines) is 1. The lowest BCUT2D eigenvalue weighted by molar-refractivity contribution is -0.148.